The molecule has 158 valence electrons. The van der Waals surface area contributed by atoms with Gasteiger partial charge in [-0.1, -0.05) is 6.92 Å². The van der Waals surface area contributed by atoms with Crippen LogP contribution in [0.4, 0.5) is 0 Å². The zero-order valence-corrected chi connectivity index (χ0v) is 20.3. The summed E-state index contributed by atoms with van der Waals surface area (Å²) in [5.41, 5.74) is 0.0608. The number of hydrogen-bond acceptors (Lipinski definition) is 4. The first-order chi connectivity index (χ1) is 12.3. The fourth-order valence-electron chi connectivity index (χ4n) is 4.38. The SMILES string of the molecule is CN=C(NCC(C)(C)N1CC(C)OC(C)C1)NC1CN(C2CC2)CC1C.I. The summed E-state index contributed by atoms with van der Waals surface area (Å²) in [5.74, 6) is 1.60. The van der Waals surface area contributed by atoms with Crippen molar-refractivity contribution >= 4 is 29.9 Å². The molecule has 3 rings (SSSR count). The maximum Gasteiger partial charge on any atom is 0.191 e. The molecule has 0 aromatic heterocycles. The van der Waals surface area contributed by atoms with Gasteiger partial charge in [-0.2, -0.15) is 0 Å². The minimum absolute atomic E-state index is 0. The van der Waals surface area contributed by atoms with Crippen LogP contribution in [0, 0.1) is 5.92 Å². The van der Waals surface area contributed by atoms with Gasteiger partial charge in [-0.15, -0.1) is 24.0 Å². The molecule has 3 fully saturated rings. The van der Waals surface area contributed by atoms with Crippen molar-refractivity contribution in [2.45, 2.75) is 77.3 Å². The number of likely N-dealkylation sites (tertiary alicyclic amines) is 1. The van der Waals surface area contributed by atoms with Crippen molar-refractivity contribution in [3.05, 3.63) is 0 Å². The van der Waals surface area contributed by atoms with E-state index in [0.717, 1.165) is 38.2 Å². The molecule has 0 amide bonds. The van der Waals surface area contributed by atoms with Crippen LogP contribution in [0.2, 0.25) is 0 Å². The molecule has 4 unspecified atom stereocenters. The molecular formula is C20H40IN5O. The van der Waals surface area contributed by atoms with Gasteiger partial charge in [0.1, 0.15) is 0 Å². The lowest BCUT2D eigenvalue weighted by Gasteiger charge is -2.45. The Balaban J connectivity index is 0.00000261. The van der Waals surface area contributed by atoms with Crippen molar-refractivity contribution in [2.24, 2.45) is 10.9 Å². The summed E-state index contributed by atoms with van der Waals surface area (Å²) in [4.78, 5) is 9.67. The fourth-order valence-corrected chi connectivity index (χ4v) is 4.38. The Labute approximate surface area is 182 Å². The molecule has 2 heterocycles. The zero-order valence-electron chi connectivity index (χ0n) is 18.0. The van der Waals surface area contributed by atoms with Crippen LogP contribution >= 0.6 is 24.0 Å². The van der Waals surface area contributed by atoms with Gasteiger partial charge in [0.05, 0.1) is 12.2 Å². The van der Waals surface area contributed by atoms with E-state index in [1.54, 1.807) is 0 Å². The molecule has 2 saturated heterocycles. The lowest BCUT2D eigenvalue weighted by molar-refractivity contribution is -0.0946. The van der Waals surface area contributed by atoms with Crippen LogP contribution in [0.5, 0.6) is 0 Å². The Morgan fingerprint density at radius 3 is 2.26 bits per heavy atom. The van der Waals surface area contributed by atoms with Gasteiger partial charge in [0, 0.05) is 57.4 Å². The lowest BCUT2D eigenvalue weighted by Crippen LogP contribution is -2.60. The first-order valence-corrected chi connectivity index (χ1v) is 10.4. The van der Waals surface area contributed by atoms with Gasteiger partial charge in [0.15, 0.2) is 5.96 Å². The van der Waals surface area contributed by atoms with Crippen molar-refractivity contribution < 1.29 is 4.74 Å². The number of rotatable bonds is 5. The monoisotopic (exact) mass is 493 g/mol. The Kier molecular flexibility index (Phi) is 8.22. The van der Waals surface area contributed by atoms with E-state index in [4.69, 9.17) is 4.74 Å². The minimum Gasteiger partial charge on any atom is -0.373 e. The van der Waals surface area contributed by atoms with Crippen molar-refractivity contribution in [2.75, 3.05) is 39.8 Å². The second-order valence-electron chi connectivity index (χ2n) is 9.31. The predicted molar refractivity (Wildman–Crippen MR) is 123 cm³/mol. The summed E-state index contributed by atoms with van der Waals surface area (Å²) >= 11 is 0. The van der Waals surface area contributed by atoms with E-state index >= 15 is 0 Å². The maximum absolute atomic E-state index is 5.89. The Morgan fingerprint density at radius 2 is 1.70 bits per heavy atom. The normalized spacial score (nSPS) is 33.6. The van der Waals surface area contributed by atoms with Crippen molar-refractivity contribution in [3.63, 3.8) is 0 Å². The van der Waals surface area contributed by atoms with Crippen LogP contribution in [0.25, 0.3) is 0 Å². The fraction of sp³-hybridized carbons (Fsp3) is 0.950. The molecule has 0 bridgehead atoms. The highest BCUT2D eigenvalue weighted by atomic mass is 127. The van der Waals surface area contributed by atoms with Crippen LogP contribution < -0.4 is 10.6 Å². The van der Waals surface area contributed by atoms with Gasteiger partial charge < -0.3 is 15.4 Å². The summed E-state index contributed by atoms with van der Waals surface area (Å²) in [5, 5.41) is 7.26. The maximum atomic E-state index is 5.89. The van der Waals surface area contributed by atoms with E-state index < -0.39 is 0 Å². The highest BCUT2D eigenvalue weighted by molar-refractivity contribution is 14.0. The van der Waals surface area contributed by atoms with Crippen molar-refractivity contribution in [1.82, 2.24) is 20.4 Å². The molecule has 27 heavy (non-hydrogen) atoms. The summed E-state index contributed by atoms with van der Waals surface area (Å²) < 4.78 is 5.89. The van der Waals surface area contributed by atoms with Crippen LogP contribution in [0.1, 0.15) is 47.5 Å². The molecule has 0 aromatic carbocycles. The molecule has 0 radical (unpaired) electrons. The van der Waals surface area contributed by atoms with Gasteiger partial charge in [-0.05, 0) is 46.5 Å². The number of nitrogens with one attached hydrogen (secondary N) is 2. The third-order valence-corrected chi connectivity index (χ3v) is 6.21. The van der Waals surface area contributed by atoms with Gasteiger partial charge in [-0.3, -0.25) is 14.8 Å². The van der Waals surface area contributed by atoms with Crippen LogP contribution in [-0.4, -0.2) is 85.4 Å². The average molecular weight is 493 g/mol. The van der Waals surface area contributed by atoms with Gasteiger partial charge in [0.25, 0.3) is 0 Å². The number of ether oxygens (including phenoxy) is 1. The quantitative estimate of drug-likeness (QED) is 0.349. The first-order valence-electron chi connectivity index (χ1n) is 10.4. The average Bonchev–Trinajstić information content (AvgIpc) is 3.35. The predicted octanol–water partition coefficient (Wildman–Crippen LogP) is 2.14. The molecule has 6 nitrogen and oxygen atoms in total. The van der Waals surface area contributed by atoms with E-state index in [0.29, 0.717) is 24.2 Å². The highest BCUT2D eigenvalue weighted by Crippen LogP contribution is 2.31. The minimum atomic E-state index is 0. The molecule has 1 aliphatic carbocycles. The number of nitrogens with zero attached hydrogens (tertiary/aromatic N) is 3. The number of halogens is 1. The van der Waals surface area contributed by atoms with E-state index in [2.05, 4.69) is 60.0 Å². The van der Waals surface area contributed by atoms with Crippen molar-refractivity contribution in [3.8, 4) is 0 Å². The zero-order chi connectivity index (χ0) is 18.9. The standard InChI is InChI=1S/C20H39N5O.HI/c1-14-9-24(17-7-8-17)12-18(14)23-19(21-6)22-13-20(4,5)25-10-15(2)26-16(3)11-25;/h14-18H,7-13H2,1-6H3,(H2,21,22,23);1H. The summed E-state index contributed by atoms with van der Waals surface area (Å²) in [6, 6.07) is 1.34. The van der Waals surface area contributed by atoms with Gasteiger partial charge >= 0.3 is 0 Å². The number of guanidine groups is 1. The summed E-state index contributed by atoms with van der Waals surface area (Å²) in [6.07, 6.45) is 3.36. The Morgan fingerprint density at radius 1 is 1.07 bits per heavy atom. The second kappa shape index (κ2) is 9.59. The Bertz CT molecular complexity index is 501. The van der Waals surface area contributed by atoms with E-state index in [-0.39, 0.29) is 29.5 Å². The molecule has 1 saturated carbocycles. The lowest BCUT2D eigenvalue weighted by atomic mass is 10.00. The van der Waals surface area contributed by atoms with Crippen LogP contribution in [-0.2, 0) is 4.74 Å². The molecule has 7 heteroatoms. The van der Waals surface area contributed by atoms with Crippen LogP contribution in [0.3, 0.4) is 0 Å². The molecule has 4 atom stereocenters. The molecule has 0 aromatic rings. The molecule has 3 aliphatic rings. The highest BCUT2D eigenvalue weighted by Gasteiger charge is 2.38. The number of morpholine rings is 1. The molecule has 2 N–H and O–H groups in total. The van der Waals surface area contributed by atoms with Crippen molar-refractivity contribution in [1.29, 1.82) is 0 Å². The largest absolute Gasteiger partial charge is 0.373 e. The third kappa shape index (κ3) is 6.18. The summed E-state index contributed by atoms with van der Waals surface area (Å²) in [6.45, 7) is 16.5. The van der Waals surface area contributed by atoms with Crippen LogP contribution in [0.15, 0.2) is 4.99 Å². The van der Waals surface area contributed by atoms with Gasteiger partial charge in [0.2, 0.25) is 0 Å². The third-order valence-electron chi connectivity index (χ3n) is 6.21. The topological polar surface area (TPSA) is 52.1 Å². The number of aliphatic imine (C=N–C) groups is 1. The molecule has 2 aliphatic heterocycles. The number of hydrogen-bond donors (Lipinski definition) is 2. The van der Waals surface area contributed by atoms with Gasteiger partial charge in [-0.25, -0.2) is 0 Å². The molecular weight excluding hydrogens is 453 g/mol. The van der Waals surface area contributed by atoms with E-state index in [9.17, 15) is 0 Å². The smallest absolute Gasteiger partial charge is 0.191 e. The second-order valence-corrected chi connectivity index (χ2v) is 9.31. The summed E-state index contributed by atoms with van der Waals surface area (Å²) in [7, 11) is 1.87. The Hall–Kier alpha value is -0.120. The van der Waals surface area contributed by atoms with E-state index in [1.165, 1.54) is 19.4 Å². The molecule has 0 spiro atoms. The van der Waals surface area contributed by atoms with E-state index in [1.807, 2.05) is 7.05 Å². The first kappa shape index (κ1) is 23.2.